The standard InChI is InChI=1S/C13H11N3O3S/c17-13-9-16(12-6-2-1-5-11(12)15-13)20(18,19)10-4-3-7-14-8-10/h1-8H,9H2,(H,15,17). The third-order valence-corrected chi connectivity index (χ3v) is 4.70. The molecule has 1 aliphatic rings. The highest BCUT2D eigenvalue weighted by Crippen LogP contribution is 2.32. The number of pyridine rings is 1. The molecule has 7 heteroatoms. The summed E-state index contributed by atoms with van der Waals surface area (Å²) in [5.74, 6) is -0.365. The van der Waals surface area contributed by atoms with Crippen molar-refractivity contribution in [2.45, 2.75) is 4.90 Å². The van der Waals surface area contributed by atoms with E-state index in [-0.39, 0.29) is 17.3 Å². The van der Waals surface area contributed by atoms with Gasteiger partial charge >= 0.3 is 0 Å². The molecule has 1 N–H and O–H groups in total. The van der Waals surface area contributed by atoms with Gasteiger partial charge in [-0.15, -0.1) is 0 Å². The van der Waals surface area contributed by atoms with Crippen LogP contribution in [0.15, 0.2) is 53.7 Å². The van der Waals surface area contributed by atoms with Crippen LogP contribution in [0.5, 0.6) is 0 Å². The minimum Gasteiger partial charge on any atom is -0.323 e. The van der Waals surface area contributed by atoms with Gasteiger partial charge < -0.3 is 5.32 Å². The van der Waals surface area contributed by atoms with Gasteiger partial charge in [0, 0.05) is 12.4 Å². The quantitative estimate of drug-likeness (QED) is 0.901. The molecule has 2 aromatic rings. The van der Waals surface area contributed by atoms with E-state index in [9.17, 15) is 13.2 Å². The molecule has 0 atom stereocenters. The Labute approximate surface area is 116 Å². The Bertz CT molecular complexity index is 759. The van der Waals surface area contributed by atoms with Crippen LogP contribution < -0.4 is 9.62 Å². The van der Waals surface area contributed by atoms with Crippen LogP contribution in [-0.2, 0) is 14.8 Å². The average molecular weight is 289 g/mol. The molecular formula is C13H11N3O3S. The number of para-hydroxylation sites is 2. The van der Waals surface area contributed by atoms with Crippen LogP contribution in [0.25, 0.3) is 0 Å². The molecule has 20 heavy (non-hydrogen) atoms. The minimum atomic E-state index is -3.80. The van der Waals surface area contributed by atoms with Gasteiger partial charge in [-0.1, -0.05) is 12.1 Å². The molecule has 0 unspecified atom stereocenters. The van der Waals surface area contributed by atoms with Gasteiger partial charge in [0.15, 0.2) is 0 Å². The smallest absolute Gasteiger partial charge is 0.266 e. The maximum absolute atomic E-state index is 12.6. The second-order valence-electron chi connectivity index (χ2n) is 4.27. The van der Waals surface area contributed by atoms with Crippen LogP contribution in [0.3, 0.4) is 0 Å². The molecular weight excluding hydrogens is 278 g/mol. The number of hydrogen-bond donors (Lipinski definition) is 1. The molecule has 0 radical (unpaired) electrons. The predicted molar refractivity (Wildman–Crippen MR) is 73.8 cm³/mol. The van der Waals surface area contributed by atoms with Gasteiger partial charge in [0.25, 0.3) is 10.0 Å². The number of anilines is 2. The summed E-state index contributed by atoms with van der Waals surface area (Å²) in [5.41, 5.74) is 0.937. The number of fused-ring (bicyclic) bond motifs is 1. The molecule has 1 aromatic carbocycles. The van der Waals surface area contributed by atoms with Crippen LogP contribution in [0.4, 0.5) is 11.4 Å². The van der Waals surface area contributed by atoms with E-state index in [0.29, 0.717) is 11.4 Å². The van der Waals surface area contributed by atoms with Crippen molar-refractivity contribution in [1.29, 1.82) is 0 Å². The first-order chi connectivity index (χ1) is 9.59. The number of carbonyl (C=O) groups is 1. The highest BCUT2D eigenvalue weighted by atomic mass is 32.2. The molecule has 1 amide bonds. The first-order valence-electron chi connectivity index (χ1n) is 5.91. The van der Waals surface area contributed by atoms with Crippen molar-refractivity contribution in [3.8, 4) is 0 Å². The molecule has 3 rings (SSSR count). The van der Waals surface area contributed by atoms with Crippen LogP contribution in [0, 0.1) is 0 Å². The Balaban J connectivity index is 2.13. The lowest BCUT2D eigenvalue weighted by Crippen LogP contribution is -2.42. The summed E-state index contributed by atoms with van der Waals surface area (Å²) in [4.78, 5) is 15.6. The lowest BCUT2D eigenvalue weighted by Gasteiger charge is -2.29. The van der Waals surface area contributed by atoms with Crippen LogP contribution >= 0.6 is 0 Å². The highest BCUT2D eigenvalue weighted by molar-refractivity contribution is 7.92. The Morgan fingerprint density at radius 2 is 1.95 bits per heavy atom. The van der Waals surface area contributed by atoms with Gasteiger partial charge in [-0.25, -0.2) is 8.42 Å². The van der Waals surface area contributed by atoms with Gasteiger partial charge in [0.05, 0.1) is 11.4 Å². The lowest BCUT2D eigenvalue weighted by atomic mass is 10.2. The summed E-state index contributed by atoms with van der Waals surface area (Å²) in [7, 11) is -3.80. The SMILES string of the molecule is O=C1CN(S(=O)(=O)c2cccnc2)c2ccccc2N1. The fourth-order valence-electron chi connectivity index (χ4n) is 2.04. The number of rotatable bonds is 2. The molecule has 2 heterocycles. The van der Waals surface area contributed by atoms with Crippen molar-refractivity contribution in [3.05, 3.63) is 48.8 Å². The number of nitrogens with zero attached hydrogens (tertiary/aromatic N) is 2. The third-order valence-electron chi connectivity index (χ3n) is 2.96. The second kappa shape index (κ2) is 4.61. The van der Waals surface area contributed by atoms with E-state index in [0.717, 1.165) is 4.31 Å². The molecule has 0 bridgehead atoms. The number of benzene rings is 1. The van der Waals surface area contributed by atoms with Gasteiger partial charge in [0.1, 0.15) is 11.4 Å². The van der Waals surface area contributed by atoms with E-state index in [1.165, 1.54) is 18.5 Å². The predicted octanol–water partition coefficient (Wildman–Crippen LogP) is 1.23. The Kier molecular flexibility index (Phi) is 2.90. The molecule has 1 aliphatic heterocycles. The van der Waals surface area contributed by atoms with Crippen LogP contribution in [0.1, 0.15) is 0 Å². The summed E-state index contributed by atoms with van der Waals surface area (Å²) >= 11 is 0. The van der Waals surface area contributed by atoms with Gasteiger partial charge in [-0.3, -0.25) is 14.1 Å². The van der Waals surface area contributed by atoms with Crippen molar-refractivity contribution in [3.63, 3.8) is 0 Å². The molecule has 102 valence electrons. The third kappa shape index (κ3) is 2.01. The van der Waals surface area contributed by atoms with Crippen molar-refractivity contribution < 1.29 is 13.2 Å². The van der Waals surface area contributed by atoms with E-state index in [4.69, 9.17) is 0 Å². The Morgan fingerprint density at radius 3 is 2.70 bits per heavy atom. The number of hydrogen-bond acceptors (Lipinski definition) is 4. The molecule has 0 saturated heterocycles. The zero-order valence-electron chi connectivity index (χ0n) is 10.4. The fourth-order valence-corrected chi connectivity index (χ4v) is 3.45. The number of nitrogens with one attached hydrogen (secondary N) is 1. The van der Waals surface area contributed by atoms with Crippen molar-refractivity contribution in [2.75, 3.05) is 16.2 Å². The van der Waals surface area contributed by atoms with E-state index in [1.54, 1.807) is 30.3 Å². The molecule has 0 spiro atoms. The van der Waals surface area contributed by atoms with Crippen molar-refractivity contribution in [2.24, 2.45) is 0 Å². The lowest BCUT2D eigenvalue weighted by molar-refractivity contribution is -0.115. The summed E-state index contributed by atoms with van der Waals surface area (Å²) in [6.45, 7) is -0.242. The fraction of sp³-hybridized carbons (Fsp3) is 0.0769. The van der Waals surface area contributed by atoms with E-state index >= 15 is 0 Å². The maximum atomic E-state index is 12.6. The zero-order chi connectivity index (χ0) is 14.2. The average Bonchev–Trinajstić information content (AvgIpc) is 2.47. The largest absolute Gasteiger partial charge is 0.323 e. The number of sulfonamides is 1. The van der Waals surface area contributed by atoms with Crippen LogP contribution in [-0.4, -0.2) is 25.9 Å². The topological polar surface area (TPSA) is 79.4 Å². The zero-order valence-corrected chi connectivity index (χ0v) is 11.2. The summed E-state index contributed by atoms with van der Waals surface area (Å²) in [6, 6.07) is 9.78. The number of aromatic nitrogens is 1. The number of carbonyl (C=O) groups excluding carboxylic acids is 1. The van der Waals surface area contributed by atoms with Gasteiger partial charge in [-0.05, 0) is 24.3 Å². The van der Waals surface area contributed by atoms with Crippen LogP contribution in [0.2, 0.25) is 0 Å². The summed E-state index contributed by atoms with van der Waals surface area (Å²) in [6.07, 6.45) is 2.76. The second-order valence-corrected chi connectivity index (χ2v) is 6.13. The first kappa shape index (κ1) is 12.6. The summed E-state index contributed by atoms with van der Waals surface area (Å²) in [5, 5.41) is 2.65. The molecule has 0 fully saturated rings. The van der Waals surface area contributed by atoms with Crippen molar-refractivity contribution in [1.82, 2.24) is 4.98 Å². The molecule has 0 aliphatic carbocycles. The van der Waals surface area contributed by atoms with E-state index < -0.39 is 10.0 Å². The minimum absolute atomic E-state index is 0.0597. The van der Waals surface area contributed by atoms with E-state index in [2.05, 4.69) is 10.3 Å². The Hall–Kier alpha value is -2.41. The van der Waals surface area contributed by atoms with E-state index in [1.807, 2.05) is 0 Å². The van der Waals surface area contributed by atoms with Gasteiger partial charge in [0.2, 0.25) is 5.91 Å². The van der Waals surface area contributed by atoms with Gasteiger partial charge in [-0.2, -0.15) is 0 Å². The maximum Gasteiger partial charge on any atom is 0.266 e. The van der Waals surface area contributed by atoms with Crippen molar-refractivity contribution >= 4 is 27.3 Å². The number of amides is 1. The molecule has 0 saturated carbocycles. The molecule has 6 nitrogen and oxygen atoms in total. The first-order valence-corrected chi connectivity index (χ1v) is 7.35. The molecule has 1 aromatic heterocycles. The summed E-state index contributed by atoms with van der Waals surface area (Å²) < 4.78 is 26.3. The monoisotopic (exact) mass is 289 g/mol. The normalized spacial score (nSPS) is 14.6. The Morgan fingerprint density at radius 1 is 1.15 bits per heavy atom. The highest BCUT2D eigenvalue weighted by Gasteiger charge is 2.32.